The van der Waals surface area contributed by atoms with Gasteiger partial charge in [-0.3, -0.25) is 4.99 Å². The lowest BCUT2D eigenvalue weighted by Gasteiger charge is -2.12. The number of hydrogen-bond donors (Lipinski definition) is 1. The van der Waals surface area contributed by atoms with E-state index in [0.29, 0.717) is 16.8 Å². The number of carbonyl (C=O) groups excluding carboxylic acids is 1. The van der Waals surface area contributed by atoms with Gasteiger partial charge >= 0.3 is 5.97 Å². The van der Waals surface area contributed by atoms with Crippen LogP contribution in [0.15, 0.2) is 52.0 Å². The van der Waals surface area contributed by atoms with Crippen molar-refractivity contribution in [2.75, 3.05) is 12.9 Å². The molecule has 0 aliphatic carbocycles. The summed E-state index contributed by atoms with van der Waals surface area (Å²) in [4.78, 5) is 16.8. The first-order chi connectivity index (χ1) is 13.9. The van der Waals surface area contributed by atoms with Gasteiger partial charge in [0.15, 0.2) is 0 Å². The van der Waals surface area contributed by atoms with Crippen molar-refractivity contribution in [2.45, 2.75) is 25.3 Å². The van der Waals surface area contributed by atoms with Gasteiger partial charge in [0, 0.05) is 23.4 Å². The SMILES string of the molecule is CCOC(=O)/C(C=Nc1c(C)cc(F)cc1OCc1cc(F)cc(SC)c1)=C/N. The molecule has 0 atom stereocenters. The predicted octanol–water partition coefficient (Wildman–Crippen LogP) is 4.68. The number of nitrogens with zero attached hydrogens (tertiary/aromatic N) is 1. The molecule has 0 aliphatic heterocycles. The van der Waals surface area contributed by atoms with Gasteiger partial charge in [-0.05, 0) is 55.5 Å². The molecule has 0 aromatic heterocycles. The Bertz CT molecular complexity index is 946. The maximum Gasteiger partial charge on any atom is 0.341 e. The van der Waals surface area contributed by atoms with Crippen molar-refractivity contribution in [3.8, 4) is 5.75 Å². The molecule has 2 rings (SSSR count). The maximum absolute atomic E-state index is 13.9. The van der Waals surface area contributed by atoms with E-state index in [-0.39, 0.29) is 30.4 Å². The third-order valence-corrected chi connectivity index (χ3v) is 4.52. The second-order valence-corrected chi connectivity index (χ2v) is 6.84. The summed E-state index contributed by atoms with van der Waals surface area (Å²) in [5.41, 5.74) is 6.94. The van der Waals surface area contributed by atoms with Gasteiger partial charge in [-0.2, -0.15) is 0 Å². The molecule has 29 heavy (non-hydrogen) atoms. The summed E-state index contributed by atoms with van der Waals surface area (Å²) >= 11 is 1.41. The molecule has 0 saturated heterocycles. The van der Waals surface area contributed by atoms with Crippen LogP contribution in [0.4, 0.5) is 14.5 Å². The third-order valence-electron chi connectivity index (χ3n) is 3.81. The van der Waals surface area contributed by atoms with Gasteiger partial charge in [0.25, 0.3) is 0 Å². The Labute approximate surface area is 172 Å². The average Bonchev–Trinajstić information content (AvgIpc) is 2.67. The standard InChI is InChI=1S/C21H22F2N2O3S/c1-4-27-21(26)15(10-24)11-25-20-13(2)5-16(22)9-19(20)28-12-14-6-17(23)8-18(7-14)29-3/h5-11H,4,12,24H2,1-3H3/b15-10+,25-11?. The Balaban J connectivity index is 2.30. The number of rotatable bonds is 8. The highest BCUT2D eigenvalue weighted by molar-refractivity contribution is 7.98. The molecule has 0 saturated carbocycles. The van der Waals surface area contributed by atoms with Crippen molar-refractivity contribution in [1.82, 2.24) is 0 Å². The molecule has 5 nitrogen and oxygen atoms in total. The molecular formula is C21H22F2N2O3S. The number of esters is 1. The van der Waals surface area contributed by atoms with Crippen molar-refractivity contribution in [3.63, 3.8) is 0 Å². The Hall–Kier alpha value is -2.87. The summed E-state index contributed by atoms with van der Waals surface area (Å²) < 4.78 is 38.2. The molecule has 2 aromatic rings. The van der Waals surface area contributed by atoms with Crippen molar-refractivity contribution >= 4 is 29.6 Å². The third kappa shape index (κ3) is 6.32. The summed E-state index contributed by atoms with van der Waals surface area (Å²) in [5.74, 6) is -1.34. The van der Waals surface area contributed by atoms with Crippen LogP contribution in [0.3, 0.4) is 0 Å². The number of carbonyl (C=O) groups is 1. The van der Waals surface area contributed by atoms with Crippen LogP contribution in [0.2, 0.25) is 0 Å². The van der Waals surface area contributed by atoms with E-state index >= 15 is 0 Å². The number of thioether (sulfide) groups is 1. The lowest BCUT2D eigenvalue weighted by atomic mass is 10.1. The van der Waals surface area contributed by atoms with Crippen molar-refractivity contribution in [1.29, 1.82) is 0 Å². The number of benzene rings is 2. The first-order valence-electron chi connectivity index (χ1n) is 8.77. The van der Waals surface area contributed by atoms with Gasteiger partial charge < -0.3 is 15.2 Å². The summed E-state index contributed by atoms with van der Waals surface area (Å²) in [6.07, 6.45) is 4.16. The van der Waals surface area contributed by atoms with E-state index in [1.165, 1.54) is 42.2 Å². The van der Waals surface area contributed by atoms with E-state index in [4.69, 9.17) is 15.2 Å². The van der Waals surface area contributed by atoms with Crippen LogP contribution in [0.1, 0.15) is 18.1 Å². The minimum Gasteiger partial charge on any atom is -0.487 e. The van der Waals surface area contributed by atoms with Crippen LogP contribution in [0.5, 0.6) is 5.75 Å². The summed E-state index contributed by atoms with van der Waals surface area (Å²) in [7, 11) is 0. The van der Waals surface area contributed by atoms with Crippen LogP contribution >= 0.6 is 11.8 Å². The Kier molecular flexibility index (Phi) is 8.21. The number of aliphatic imine (C=N–C) groups is 1. The summed E-state index contributed by atoms with van der Waals surface area (Å²) in [6, 6.07) is 7.05. The highest BCUT2D eigenvalue weighted by atomic mass is 32.2. The molecule has 0 radical (unpaired) electrons. The molecule has 2 N–H and O–H groups in total. The van der Waals surface area contributed by atoms with Gasteiger partial charge in [-0.25, -0.2) is 13.6 Å². The molecule has 8 heteroatoms. The number of hydrogen-bond acceptors (Lipinski definition) is 6. The lowest BCUT2D eigenvalue weighted by Crippen LogP contribution is -2.10. The topological polar surface area (TPSA) is 73.9 Å². The van der Waals surface area contributed by atoms with E-state index in [1.807, 2.05) is 6.26 Å². The van der Waals surface area contributed by atoms with E-state index in [1.54, 1.807) is 19.9 Å². The van der Waals surface area contributed by atoms with Gasteiger partial charge in [0.1, 0.15) is 29.7 Å². The van der Waals surface area contributed by atoms with Gasteiger partial charge in [0.05, 0.1) is 12.2 Å². The minimum atomic E-state index is -0.620. The molecule has 0 unspecified atom stereocenters. The molecule has 2 aromatic carbocycles. The second-order valence-electron chi connectivity index (χ2n) is 5.96. The quantitative estimate of drug-likeness (QED) is 0.290. The fourth-order valence-electron chi connectivity index (χ4n) is 2.48. The molecular weight excluding hydrogens is 398 g/mol. The minimum absolute atomic E-state index is 0.0220. The lowest BCUT2D eigenvalue weighted by molar-refractivity contribution is -0.137. The summed E-state index contributed by atoms with van der Waals surface area (Å²) in [6.45, 7) is 3.55. The van der Waals surface area contributed by atoms with Crippen LogP contribution in [-0.4, -0.2) is 25.0 Å². The van der Waals surface area contributed by atoms with Gasteiger partial charge in [-0.1, -0.05) is 0 Å². The Morgan fingerprint density at radius 1 is 1.21 bits per heavy atom. The first-order valence-corrected chi connectivity index (χ1v) is 9.99. The highest BCUT2D eigenvalue weighted by Crippen LogP contribution is 2.33. The van der Waals surface area contributed by atoms with E-state index < -0.39 is 11.8 Å². The molecule has 0 fully saturated rings. The number of aryl methyl sites for hydroxylation is 1. The number of halogens is 2. The average molecular weight is 420 g/mol. The van der Waals surface area contributed by atoms with Crippen LogP contribution in [-0.2, 0) is 16.1 Å². The van der Waals surface area contributed by atoms with Crippen molar-refractivity contribution < 1.29 is 23.0 Å². The fourth-order valence-corrected chi connectivity index (χ4v) is 2.98. The number of ether oxygens (including phenoxy) is 2. The molecule has 0 spiro atoms. The smallest absolute Gasteiger partial charge is 0.341 e. The summed E-state index contributed by atoms with van der Waals surface area (Å²) in [5, 5.41) is 0. The first kappa shape index (κ1) is 22.4. The molecule has 0 heterocycles. The van der Waals surface area contributed by atoms with Gasteiger partial charge in [-0.15, -0.1) is 11.8 Å². The molecule has 0 aliphatic rings. The number of nitrogens with two attached hydrogens (primary N) is 1. The second kappa shape index (κ2) is 10.6. The zero-order valence-electron chi connectivity index (χ0n) is 16.4. The largest absolute Gasteiger partial charge is 0.487 e. The molecule has 0 amide bonds. The van der Waals surface area contributed by atoms with Crippen LogP contribution in [0, 0.1) is 18.6 Å². The Morgan fingerprint density at radius 2 is 1.93 bits per heavy atom. The zero-order valence-corrected chi connectivity index (χ0v) is 17.2. The highest BCUT2D eigenvalue weighted by Gasteiger charge is 2.12. The van der Waals surface area contributed by atoms with Crippen molar-refractivity contribution in [3.05, 3.63) is 64.9 Å². The van der Waals surface area contributed by atoms with E-state index in [0.717, 1.165) is 11.1 Å². The van der Waals surface area contributed by atoms with Gasteiger partial charge in [0.2, 0.25) is 0 Å². The van der Waals surface area contributed by atoms with E-state index in [2.05, 4.69) is 4.99 Å². The normalized spacial score (nSPS) is 11.7. The Morgan fingerprint density at radius 3 is 2.59 bits per heavy atom. The molecule has 154 valence electrons. The van der Waals surface area contributed by atoms with Crippen LogP contribution in [0.25, 0.3) is 0 Å². The zero-order chi connectivity index (χ0) is 21.4. The van der Waals surface area contributed by atoms with Crippen LogP contribution < -0.4 is 10.5 Å². The molecule has 0 bridgehead atoms. The fraction of sp³-hybridized carbons (Fsp3) is 0.238. The monoisotopic (exact) mass is 420 g/mol. The van der Waals surface area contributed by atoms with E-state index in [9.17, 15) is 13.6 Å². The maximum atomic E-state index is 13.9. The van der Waals surface area contributed by atoms with Crippen molar-refractivity contribution in [2.24, 2.45) is 10.7 Å². The predicted molar refractivity (Wildman–Crippen MR) is 111 cm³/mol.